The van der Waals surface area contributed by atoms with Gasteiger partial charge < -0.3 is 15.5 Å². The maximum Gasteiger partial charge on any atom is 0.222 e. The number of nitrogens with one attached hydrogen (secondary N) is 2. The molecule has 1 saturated heterocycles. The van der Waals surface area contributed by atoms with Crippen LogP contribution in [0, 0.1) is 5.92 Å². The van der Waals surface area contributed by atoms with E-state index in [-0.39, 0.29) is 11.4 Å². The average molecular weight is 356 g/mol. The van der Waals surface area contributed by atoms with Gasteiger partial charge >= 0.3 is 0 Å². The summed E-state index contributed by atoms with van der Waals surface area (Å²) in [6.45, 7) is 4.19. The van der Waals surface area contributed by atoms with Crippen molar-refractivity contribution in [3.8, 4) is 0 Å². The number of para-hydroxylation sites is 1. The zero-order chi connectivity index (χ0) is 17.8. The summed E-state index contributed by atoms with van der Waals surface area (Å²) in [7, 11) is 0. The molecule has 0 unspecified atom stereocenters. The van der Waals surface area contributed by atoms with E-state index in [0.717, 1.165) is 25.3 Å². The van der Waals surface area contributed by atoms with E-state index < -0.39 is 0 Å². The van der Waals surface area contributed by atoms with Gasteiger partial charge in [-0.2, -0.15) is 0 Å². The van der Waals surface area contributed by atoms with Crippen LogP contribution in [0.25, 0.3) is 0 Å². The minimum absolute atomic E-state index is 0.0953. The molecule has 1 aromatic rings. The van der Waals surface area contributed by atoms with Gasteiger partial charge in [0.25, 0.3) is 0 Å². The molecule has 1 atom stereocenters. The van der Waals surface area contributed by atoms with Crippen molar-refractivity contribution in [2.45, 2.75) is 69.9 Å². The number of nitrogens with zero attached hydrogens (tertiary/aromatic N) is 1. The number of fused-ring (bicyclic) bond motifs is 1. The fourth-order valence-corrected chi connectivity index (χ4v) is 5.16. The van der Waals surface area contributed by atoms with Crippen LogP contribution in [-0.4, -0.2) is 36.0 Å². The maximum atomic E-state index is 12.5. The van der Waals surface area contributed by atoms with Gasteiger partial charge in [-0.15, -0.1) is 0 Å². The van der Waals surface area contributed by atoms with Crippen molar-refractivity contribution in [2.75, 3.05) is 25.0 Å². The number of hydrogen-bond donors (Lipinski definition) is 2. The molecule has 4 heteroatoms. The van der Waals surface area contributed by atoms with Crippen LogP contribution in [0.1, 0.15) is 63.4 Å². The van der Waals surface area contributed by atoms with Gasteiger partial charge in [-0.1, -0.05) is 37.5 Å². The van der Waals surface area contributed by atoms with Crippen LogP contribution >= 0.6 is 0 Å². The van der Waals surface area contributed by atoms with Crippen molar-refractivity contribution in [3.05, 3.63) is 29.8 Å². The molecule has 0 aromatic heterocycles. The Hall–Kier alpha value is -1.55. The minimum Gasteiger partial charge on any atom is -0.379 e. The minimum atomic E-state index is -0.0953. The van der Waals surface area contributed by atoms with E-state index in [4.69, 9.17) is 0 Å². The molecule has 1 spiro atoms. The van der Waals surface area contributed by atoms with Crippen LogP contribution in [0.3, 0.4) is 0 Å². The molecule has 26 heavy (non-hydrogen) atoms. The Morgan fingerprint density at radius 1 is 1.04 bits per heavy atom. The summed E-state index contributed by atoms with van der Waals surface area (Å²) in [5.41, 5.74) is 2.30. The van der Waals surface area contributed by atoms with E-state index in [1.807, 2.05) is 0 Å². The van der Waals surface area contributed by atoms with Crippen LogP contribution in [0.2, 0.25) is 0 Å². The Morgan fingerprint density at radius 2 is 1.88 bits per heavy atom. The standard InChI is InChI=1S/C22H33N3O/c26-21-15-22(24-20-10-5-4-9-19(20)16-23-21)11-6-13-25(14-12-22)17-18-7-2-1-3-8-18/h4-5,9-10,18,24H,1-3,6-8,11-17H2,(H,23,26)/t22-/m1/s1. The lowest BCUT2D eigenvalue weighted by Crippen LogP contribution is -2.46. The predicted molar refractivity (Wildman–Crippen MR) is 106 cm³/mol. The lowest BCUT2D eigenvalue weighted by atomic mass is 9.85. The summed E-state index contributed by atoms with van der Waals surface area (Å²) in [5.74, 6) is 1.08. The Labute approximate surface area is 157 Å². The maximum absolute atomic E-state index is 12.5. The molecule has 1 aliphatic carbocycles. The van der Waals surface area contributed by atoms with Gasteiger partial charge in [0.05, 0.1) is 0 Å². The largest absolute Gasteiger partial charge is 0.379 e. The number of likely N-dealkylation sites (tertiary alicyclic amines) is 1. The zero-order valence-electron chi connectivity index (χ0n) is 15.9. The van der Waals surface area contributed by atoms with Gasteiger partial charge in [0.2, 0.25) is 5.91 Å². The molecule has 4 nitrogen and oxygen atoms in total. The second kappa shape index (κ2) is 7.99. The average Bonchev–Trinajstić information content (AvgIpc) is 2.83. The highest BCUT2D eigenvalue weighted by atomic mass is 16.1. The van der Waals surface area contributed by atoms with Crippen LogP contribution in [0.5, 0.6) is 0 Å². The van der Waals surface area contributed by atoms with E-state index >= 15 is 0 Å². The first kappa shape index (κ1) is 17.8. The second-order valence-electron chi connectivity index (χ2n) is 8.67. The second-order valence-corrected chi connectivity index (χ2v) is 8.67. The number of benzene rings is 1. The molecule has 1 saturated carbocycles. The number of anilines is 1. The van der Waals surface area contributed by atoms with E-state index in [1.54, 1.807) is 0 Å². The van der Waals surface area contributed by atoms with Crippen LogP contribution < -0.4 is 10.6 Å². The smallest absolute Gasteiger partial charge is 0.222 e. The molecular formula is C22H33N3O. The monoisotopic (exact) mass is 355 g/mol. The molecule has 0 bridgehead atoms. The molecule has 2 aliphatic heterocycles. The molecule has 1 amide bonds. The number of carbonyl (C=O) groups excluding carboxylic acids is 1. The highest BCUT2D eigenvalue weighted by Crippen LogP contribution is 2.34. The molecule has 4 rings (SSSR count). The van der Waals surface area contributed by atoms with Crippen LogP contribution in [0.15, 0.2) is 24.3 Å². The van der Waals surface area contributed by atoms with Gasteiger partial charge in [0.15, 0.2) is 0 Å². The topological polar surface area (TPSA) is 44.4 Å². The van der Waals surface area contributed by atoms with Gasteiger partial charge in [-0.3, -0.25) is 4.79 Å². The van der Waals surface area contributed by atoms with Crippen molar-refractivity contribution in [3.63, 3.8) is 0 Å². The molecule has 2 fully saturated rings. The summed E-state index contributed by atoms with van der Waals surface area (Å²) in [6, 6.07) is 8.43. The third-order valence-corrected chi connectivity index (χ3v) is 6.67. The van der Waals surface area contributed by atoms with Gasteiger partial charge in [0, 0.05) is 37.3 Å². The Balaban J connectivity index is 1.46. The number of amides is 1. The van der Waals surface area contributed by atoms with Crippen molar-refractivity contribution >= 4 is 11.6 Å². The quantitative estimate of drug-likeness (QED) is 0.845. The molecule has 2 N–H and O–H groups in total. The highest BCUT2D eigenvalue weighted by Gasteiger charge is 2.36. The Morgan fingerprint density at radius 3 is 2.77 bits per heavy atom. The first-order chi connectivity index (χ1) is 12.7. The lowest BCUT2D eigenvalue weighted by molar-refractivity contribution is -0.122. The summed E-state index contributed by atoms with van der Waals surface area (Å²) >= 11 is 0. The SMILES string of the molecule is O=C1C[C@]2(CCCN(CC3CCCCC3)CC2)Nc2ccccc2CN1. The molecule has 1 aromatic carbocycles. The van der Waals surface area contributed by atoms with Gasteiger partial charge in [-0.25, -0.2) is 0 Å². The Kier molecular flexibility index (Phi) is 5.49. The van der Waals surface area contributed by atoms with Crippen LogP contribution in [0.4, 0.5) is 5.69 Å². The number of rotatable bonds is 2. The summed E-state index contributed by atoms with van der Waals surface area (Å²) in [6.07, 6.45) is 11.0. The molecule has 142 valence electrons. The van der Waals surface area contributed by atoms with Crippen molar-refractivity contribution in [1.82, 2.24) is 10.2 Å². The predicted octanol–water partition coefficient (Wildman–Crippen LogP) is 3.92. The molecule has 0 radical (unpaired) electrons. The first-order valence-corrected chi connectivity index (χ1v) is 10.6. The number of hydrogen-bond acceptors (Lipinski definition) is 3. The summed E-state index contributed by atoms with van der Waals surface area (Å²) in [4.78, 5) is 15.1. The van der Waals surface area contributed by atoms with Crippen molar-refractivity contribution in [2.24, 2.45) is 5.92 Å². The lowest BCUT2D eigenvalue weighted by Gasteiger charge is -2.37. The molecule has 3 aliphatic rings. The highest BCUT2D eigenvalue weighted by molar-refractivity contribution is 5.79. The fraction of sp³-hybridized carbons (Fsp3) is 0.682. The van der Waals surface area contributed by atoms with Crippen molar-refractivity contribution < 1.29 is 4.79 Å². The summed E-state index contributed by atoms with van der Waals surface area (Å²) < 4.78 is 0. The third kappa shape index (κ3) is 4.22. The number of carbonyl (C=O) groups is 1. The molecule has 2 heterocycles. The Bertz CT molecular complexity index is 626. The van der Waals surface area contributed by atoms with E-state index in [1.165, 1.54) is 62.9 Å². The van der Waals surface area contributed by atoms with Gasteiger partial charge in [0.1, 0.15) is 0 Å². The van der Waals surface area contributed by atoms with E-state index in [9.17, 15) is 4.79 Å². The fourth-order valence-electron chi connectivity index (χ4n) is 5.16. The van der Waals surface area contributed by atoms with E-state index in [0.29, 0.717) is 13.0 Å². The van der Waals surface area contributed by atoms with E-state index in [2.05, 4.69) is 39.8 Å². The zero-order valence-corrected chi connectivity index (χ0v) is 15.9. The summed E-state index contributed by atoms with van der Waals surface area (Å²) in [5, 5.41) is 6.94. The molecular weight excluding hydrogens is 322 g/mol. The van der Waals surface area contributed by atoms with Crippen molar-refractivity contribution in [1.29, 1.82) is 0 Å². The van der Waals surface area contributed by atoms with Crippen LogP contribution in [-0.2, 0) is 11.3 Å². The first-order valence-electron chi connectivity index (χ1n) is 10.6. The van der Waals surface area contributed by atoms with Gasteiger partial charge in [-0.05, 0) is 56.2 Å². The third-order valence-electron chi connectivity index (χ3n) is 6.67. The normalized spacial score (nSPS) is 28.4.